The molecule has 6 nitrogen and oxygen atoms in total. The fourth-order valence-electron chi connectivity index (χ4n) is 2.91. The van der Waals surface area contributed by atoms with Crippen LogP contribution in [0.5, 0.6) is 0 Å². The van der Waals surface area contributed by atoms with E-state index in [4.69, 9.17) is 0 Å². The van der Waals surface area contributed by atoms with Crippen LogP contribution in [-0.2, 0) is 9.59 Å². The molecule has 0 bridgehead atoms. The molecule has 2 amide bonds. The van der Waals surface area contributed by atoms with E-state index >= 15 is 0 Å². The van der Waals surface area contributed by atoms with Crippen molar-refractivity contribution >= 4 is 17.6 Å². The van der Waals surface area contributed by atoms with Crippen molar-refractivity contribution in [2.75, 3.05) is 11.9 Å². The molecule has 23 heavy (non-hydrogen) atoms. The second-order valence-electron chi connectivity index (χ2n) is 5.64. The molecule has 1 aromatic carbocycles. The number of aromatic amines is 1. The normalized spacial score (nSPS) is 15.7. The number of benzene rings is 1. The summed E-state index contributed by atoms with van der Waals surface area (Å²) >= 11 is 0. The largest absolute Gasteiger partial charge is 0.331 e. The van der Waals surface area contributed by atoms with Crippen molar-refractivity contribution in [3.05, 3.63) is 36.4 Å². The van der Waals surface area contributed by atoms with E-state index in [1.807, 2.05) is 37.3 Å². The van der Waals surface area contributed by atoms with Crippen molar-refractivity contribution in [3.63, 3.8) is 0 Å². The summed E-state index contributed by atoms with van der Waals surface area (Å²) in [5, 5.41) is 9.86. The quantitative estimate of drug-likeness (QED) is 0.890. The number of nitrogens with zero attached hydrogens (tertiary/aromatic N) is 2. The number of hydrogen-bond donors (Lipinski definition) is 2. The molecule has 1 fully saturated rings. The van der Waals surface area contributed by atoms with E-state index in [2.05, 4.69) is 15.5 Å². The lowest BCUT2D eigenvalue weighted by molar-refractivity contribution is -0.135. The summed E-state index contributed by atoms with van der Waals surface area (Å²) < 4.78 is 0. The highest BCUT2D eigenvalue weighted by Gasteiger charge is 2.31. The lowest BCUT2D eigenvalue weighted by Crippen LogP contribution is -2.44. The molecule has 3 rings (SSSR count). The summed E-state index contributed by atoms with van der Waals surface area (Å²) in [6.07, 6.45) is 1.95. The van der Waals surface area contributed by atoms with Crippen molar-refractivity contribution in [3.8, 4) is 11.3 Å². The van der Waals surface area contributed by atoms with Crippen molar-refractivity contribution in [2.24, 2.45) is 0 Å². The van der Waals surface area contributed by atoms with Gasteiger partial charge < -0.3 is 10.2 Å². The molecule has 1 aliphatic rings. The van der Waals surface area contributed by atoms with Gasteiger partial charge in [-0.1, -0.05) is 37.3 Å². The van der Waals surface area contributed by atoms with E-state index in [1.54, 1.807) is 11.0 Å². The second kappa shape index (κ2) is 6.64. The molecule has 6 heteroatoms. The van der Waals surface area contributed by atoms with Crippen molar-refractivity contribution in [1.82, 2.24) is 15.1 Å². The third-order valence-corrected chi connectivity index (χ3v) is 4.09. The van der Waals surface area contributed by atoms with E-state index in [0.29, 0.717) is 25.2 Å². The van der Waals surface area contributed by atoms with E-state index < -0.39 is 6.04 Å². The number of amides is 2. The Hall–Kier alpha value is -2.63. The molecular formula is C17H20N4O2. The molecule has 0 spiro atoms. The SMILES string of the molecule is CCC(C(=O)Nc1cc(-c2ccccc2)[nH]n1)N1CCCC1=O. The van der Waals surface area contributed by atoms with Crippen molar-refractivity contribution < 1.29 is 9.59 Å². The van der Waals surface area contributed by atoms with Gasteiger partial charge in [0, 0.05) is 19.0 Å². The lowest BCUT2D eigenvalue weighted by Gasteiger charge is -2.25. The minimum Gasteiger partial charge on any atom is -0.331 e. The number of anilines is 1. The number of carbonyl (C=O) groups is 2. The highest BCUT2D eigenvalue weighted by atomic mass is 16.2. The molecule has 0 aliphatic carbocycles. The van der Waals surface area contributed by atoms with E-state index in [-0.39, 0.29) is 11.8 Å². The summed E-state index contributed by atoms with van der Waals surface area (Å²) in [7, 11) is 0. The van der Waals surface area contributed by atoms with Gasteiger partial charge in [-0.25, -0.2) is 0 Å². The van der Waals surface area contributed by atoms with Gasteiger partial charge in [-0.05, 0) is 18.4 Å². The topological polar surface area (TPSA) is 78.1 Å². The highest BCUT2D eigenvalue weighted by Crippen LogP contribution is 2.21. The van der Waals surface area contributed by atoms with Gasteiger partial charge >= 0.3 is 0 Å². The van der Waals surface area contributed by atoms with Crippen LogP contribution in [0.2, 0.25) is 0 Å². The molecule has 1 aromatic heterocycles. The van der Waals surface area contributed by atoms with E-state index in [0.717, 1.165) is 17.7 Å². The fraction of sp³-hybridized carbons (Fsp3) is 0.353. The average Bonchev–Trinajstić information content (AvgIpc) is 3.19. The second-order valence-corrected chi connectivity index (χ2v) is 5.64. The number of aromatic nitrogens is 2. The first-order valence-corrected chi connectivity index (χ1v) is 7.90. The van der Waals surface area contributed by atoms with Gasteiger partial charge in [0.15, 0.2) is 5.82 Å². The molecule has 0 saturated carbocycles. The van der Waals surface area contributed by atoms with Crippen LogP contribution in [0.3, 0.4) is 0 Å². The van der Waals surface area contributed by atoms with Crippen LogP contribution >= 0.6 is 0 Å². The van der Waals surface area contributed by atoms with Crippen LogP contribution in [0.25, 0.3) is 11.3 Å². The Kier molecular flexibility index (Phi) is 4.41. The summed E-state index contributed by atoms with van der Waals surface area (Å²) in [5.41, 5.74) is 1.84. The molecule has 1 saturated heterocycles. The first-order chi connectivity index (χ1) is 11.2. The first kappa shape index (κ1) is 15.3. The number of H-pyrrole nitrogens is 1. The van der Waals surface area contributed by atoms with E-state index in [9.17, 15) is 9.59 Å². The lowest BCUT2D eigenvalue weighted by atomic mass is 10.1. The Bertz CT molecular complexity index is 696. The number of likely N-dealkylation sites (tertiary alicyclic amines) is 1. The maximum absolute atomic E-state index is 12.5. The average molecular weight is 312 g/mol. The summed E-state index contributed by atoms with van der Waals surface area (Å²) in [5.74, 6) is 0.340. The van der Waals surface area contributed by atoms with Gasteiger partial charge in [-0.15, -0.1) is 0 Å². The van der Waals surface area contributed by atoms with Crippen LogP contribution < -0.4 is 5.32 Å². The van der Waals surface area contributed by atoms with Gasteiger partial charge in [-0.3, -0.25) is 14.7 Å². The molecule has 0 radical (unpaired) electrons. The Labute approximate surface area is 134 Å². The Morgan fingerprint density at radius 2 is 2.17 bits per heavy atom. The molecule has 1 atom stereocenters. The van der Waals surface area contributed by atoms with Crippen LogP contribution in [0, 0.1) is 0 Å². The summed E-state index contributed by atoms with van der Waals surface area (Å²) in [6, 6.07) is 11.1. The highest BCUT2D eigenvalue weighted by molar-refractivity contribution is 5.97. The third kappa shape index (κ3) is 3.26. The summed E-state index contributed by atoms with van der Waals surface area (Å²) in [4.78, 5) is 26.0. The standard InChI is InChI=1S/C17H20N4O2/c1-2-14(21-10-6-9-16(21)22)17(23)18-15-11-13(19-20-15)12-7-4-3-5-8-12/h3-5,7-8,11,14H,2,6,9-10H2,1H3,(H2,18,19,20,23). The number of carbonyl (C=O) groups excluding carboxylic acids is 2. The van der Waals surface area contributed by atoms with Gasteiger partial charge in [0.05, 0.1) is 5.69 Å². The zero-order chi connectivity index (χ0) is 16.2. The Morgan fingerprint density at radius 1 is 1.39 bits per heavy atom. The van der Waals surface area contributed by atoms with Gasteiger partial charge in [-0.2, -0.15) is 5.10 Å². The molecule has 2 heterocycles. The van der Waals surface area contributed by atoms with Crippen LogP contribution in [0.4, 0.5) is 5.82 Å². The van der Waals surface area contributed by atoms with Crippen LogP contribution in [0.1, 0.15) is 26.2 Å². The van der Waals surface area contributed by atoms with Crippen molar-refractivity contribution in [2.45, 2.75) is 32.2 Å². The predicted octanol–water partition coefficient (Wildman–Crippen LogP) is 2.42. The maximum atomic E-state index is 12.5. The maximum Gasteiger partial charge on any atom is 0.248 e. The van der Waals surface area contributed by atoms with Crippen LogP contribution in [-0.4, -0.2) is 39.5 Å². The number of nitrogens with one attached hydrogen (secondary N) is 2. The molecular weight excluding hydrogens is 292 g/mol. The van der Waals surface area contributed by atoms with Gasteiger partial charge in [0.1, 0.15) is 6.04 Å². The molecule has 2 aromatic rings. The molecule has 120 valence electrons. The Balaban J connectivity index is 1.70. The van der Waals surface area contributed by atoms with Crippen molar-refractivity contribution in [1.29, 1.82) is 0 Å². The Morgan fingerprint density at radius 3 is 2.83 bits per heavy atom. The first-order valence-electron chi connectivity index (χ1n) is 7.90. The number of rotatable bonds is 5. The smallest absolute Gasteiger partial charge is 0.248 e. The molecule has 1 aliphatic heterocycles. The fourth-order valence-corrected chi connectivity index (χ4v) is 2.91. The predicted molar refractivity (Wildman–Crippen MR) is 87.7 cm³/mol. The van der Waals surface area contributed by atoms with Gasteiger partial charge in [0.25, 0.3) is 0 Å². The van der Waals surface area contributed by atoms with Crippen LogP contribution in [0.15, 0.2) is 36.4 Å². The monoisotopic (exact) mass is 312 g/mol. The minimum atomic E-state index is -0.429. The van der Waals surface area contributed by atoms with E-state index in [1.165, 1.54) is 0 Å². The molecule has 1 unspecified atom stereocenters. The zero-order valence-electron chi connectivity index (χ0n) is 13.1. The summed E-state index contributed by atoms with van der Waals surface area (Å²) in [6.45, 7) is 2.57. The third-order valence-electron chi connectivity index (χ3n) is 4.09. The zero-order valence-corrected chi connectivity index (χ0v) is 13.1. The van der Waals surface area contributed by atoms with Gasteiger partial charge in [0.2, 0.25) is 11.8 Å². The molecule has 2 N–H and O–H groups in total. The number of hydrogen-bond acceptors (Lipinski definition) is 3. The minimum absolute atomic E-state index is 0.0546.